The van der Waals surface area contributed by atoms with Gasteiger partial charge < -0.3 is 9.47 Å². The van der Waals surface area contributed by atoms with E-state index in [9.17, 15) is 9.59 Å². The molecule has 1 aromatic rings. The SMILES string of the molecule is CC1OC(=O)C(c2ccccc2)OC1=O. The summed E-state index contributed by atoms with van der Waals surface area (Å²) in [7, 11) is 0. The van der Waals surface area contributed by atoms with E-state index in [2.05, 4.69) is 0 Å². The predicted molar refractivity (Wildman–Crippen MR) is 50.8 cm³/mol. The lowest BCUT2D eigenvalue weighted by Crippen LogP contribution is -2.37. The molecule has 1 aliphatic rings. The molecule has 0 bridgehead atoms. The van der Waals surface area contributed by atoms with Crippen molar-refractivity contribution in [1.29, 1.82) is 0 Å². The van der Waals surface area contributed by atoms with Crippen LogP contribution >= 0.6 is 0 Å². The Labute approximate surface area is 86.8 Å². The van der Waals surface area contributed by atoms with E-state index in [0.29, 0.717) is 5.56 Å². The van der Waals surface area contributed by atoms with Crippen LogP contribution in [0.3, 0.4) is 0 Å². The van der Waals surface area contributed by atoms with E-state index in [-0.39, 0.29) is 0 Å². The first-order chi connectivity index (χ1) is 7.18. The molecule has 1 heterocycles. The van der Waals surface area contributed by atoms with Crippen molar-refractivity contribution in [3.05, 3.63) is 35.9 Å². The average Bonchev–Trinajstić information content (AvgIpc) is 2.25. The molecular formula is C11H10O4. The van der Waals surface area contributed by atoms with Crippen LogP contribution in [0, 0.1) is 0 Å². The standard InChI is InChI=1S/C11H10O4/c1-7-10(12)15-9(11(13)14-7)8-5-3-2-4-6-8/h2-7,9H,1H3. The minimum atomic E-state index is -0.921. The van der Waals surface area contributed by atoms with E-state index in [0.717, 1.165) is 0 Å². The largest absolute Gasteiger partial charge is 0.448 e. The van der Waals surface area contributed by atoms with Crippen molar-refractivity contribution < 1.29 is 19.1 Å². The van der Waals surface area contributed by atoms with Gasteiger partial charge in [0.1, 0.15) is 0 Å². The summed E-state index contributed by atoms with van der Waals surface area (Å²) >= 11 is 0. The van der Waals surface area contributed by atoms with Crippen LogP contribution in [0.1, 0.15) is 18.6 Å². The number of esters is 2. The zero-order chi connectivity index (χ0) is 10.8. The molecule has 78 valence electrons. The maximum atomic E-state index is 11.5. The Kier molecular flexibility index (Phi) is 2.41. The van der Waals surface area contributed by atoms with Crippen molar-refractivity contribution in [1.82, 2.24) is 0 Å². The van der Waals surface area contributed by atoms with Gasteiger partial charge in [0.05, 0.1) is 0 Å². The molecule has 2 atom stereocenters. The molecule has 4 heteroatoms. The Morgan fingerprint density at radius 2 is 1.67 bits per heavy atom. The van der Waals surface area contributed by atoms with Crippen LogP contribution in [0.5, 0.6) is 0 Å². The van der Waals surface area contributed by atoms with E-state index in [4.69, 9.17) is 9.47 Å². The van der Waals surface area contributed by atoms with E-state index >= 15 is 0 Å². The molecule has 0 spiro atoms. The van der Waals surface area contributed by atoms with Gasteiger partial charge in [0.2, 0.25) is 6.10 Å². The fourth-order valence-corrected chi connectivity index (χ4v) is 1.38. The predicted octanol–water partition coefficient (Wildman–Crippen LogP) is 1.22. The molecule has 4 nitrogen and oxygen atoms in total. The molecule has 1 aromatic carbocycles. The van der Waals surface area contributed by atoms with Gasteiger partial charge in [-0.2, -0.15) is 0 Å². The number of carbonyl (C=O) groups excluding carboxylic acids is 2. The highest BCUT2D eigenvalue weighted by Gasteiger charge is 2.36. The quantitative estimate of drug-likeness (QED) is 0.648. The van der Waals surface area contributed by atoms with Crippen molar-refractivity contribution in [2.75, 3.05) is 0 Å². The summed E-state index contributed by atoms with van der Waals surface area (Å²) < 4.78 is 9.84. The summed E-state index contributed by atoms with van der Waals surface area (Å²) in [5.41, 5.74) is 0.628. The molecular weight excluding hydrogens is 196 g/mol. The van der Waals surface area contributed by atoms with Crippen LogP contribution in [-0.2, 0) is 19.1 Å². The van der Waals surface area contributed by atoms with Gasteiger partial charge in [0.15, 0.2) is 6.10 Å². The van der Waals surface area contributed by atoms with Crippen LogP contribution in [0.25, 0.3) is 0 Å². The van der Waals surface area contributed by atoms with Crippen molar-refractivity contribution in [3.8, 4) is 0 Å². The highest BCUT2D eigenvalue weighted by molar-refractivity contribution is 5.88. The third kappa shape index (κ3) is 1.83. The molecule has 0 aliphatic carbocycles. The number of rotatable bonds is 1. The van der Waals surface area contributed by atoms with E-state index in [1.54, 1.807) is 24.3 Å². The Morgan fingerprint density at radius 3 is 2.33 bits per heavy atom. The number of carbonyl (C=O) groups is 2. The average molecular weight is 206 g/mol. The van der Waals surface area contributed by atoms with E-state index in [1.165, 1.54) is 6.92 Å². The highest BCUT2D eigenvalue weighted by atomic mass is 16.6. The van der Waals surface area contributed by atoms with Crippen LogP contribution in [-0.4, -0.2) is 18.0 Å². The second-order valence-corrected chi connectivity index (χ2v) is 3.31. The second-order valence-electron chi connectivity index (χ2n) is 3.31. The summed E-state index contributed by atoms with van der Waals surface area (Å²) in [4.78, 5) is 22.7. The summed E-state index contributed by atoms with van der Waals surface area (Å²) in [5, 5.41) is 0. The van der Waals surface area contributed by atoms with Crippen LogP contribution in [0.4, 0.5) is 0 Å². The van der Waals surface area contributed by atoms with Gasteiger partial charge in [-0.3, -0.25) is 0 Å². The lowest BCUT2D eigenvalue weighted by atomic mass is 10.1. The molecule has 1 saturated heterocycles. The smallest absolute Gasteiger partial charge is 0.353 e. The number of ether oxygens (including phenoxy) is 2. The van der Waals surface area contributed by atoms with Crippen molar-refractivity contribution >= 4 is 11.9 Å². The summed E-state index contributed by atoms with van der Waals surface area (Å²) in [6.45, 7) is 1.49. The number of benzene rings is 1. The molecule has 2 unspecified atom stereocenters. The summed E-state index contributed by atoms with van der Waals surface area (Å²) in [6.07, 6.45) is -1.73. The first-order valence-electron chi connectivity index (χ1n) is 4.64. The molecule has 1 aliphatic heterocycles. The highest BCUT2D eigenvalue weighted by Crippen LogP contribution is 2.24. The molecule has 0 radical (unpaired) electrons. The minimum absolute atomic E-state index is 0.511. The second kappa shape index (κ2) is 3.73. The Hall–Kier alpha value is -1.84. The topological polar surface area (TPSA) is 52.6 Å². The maximum Gasteiger partial charge on any atom is 0.353 e. The van der Waals surface area contributed by atoms with Gasteiger partial charge in [-0.05, 0) is 6.92 Å². The van der Waals surface area contributed by atoms with Gasteiger partial charge in [-0.15, -0.1) is 0 Å². The maximum absolute atomic E-state index is 11.5. The van der Waals surface area contributed by atoms with E-state index in [1.807, 2.05) is 6.07 Å². The van der Waals surface area contributed by atoms with Crippen LogP contribution in [0.2, 0.25) is 0 Å². The van der Waals surface area contributed by atoms with Gasteiger partial charge >= 0.3 is 11.9 Å². The lowest BCUT2D eigenvalue weighted by molar-refractivity contribution is -0.194. The molecule has 0 amide bonds. The zero-order valence-electron chi connectivity index (χ0n) is 8.17. The van der Waals surface area contributed by atoms with E-state index < -0.39 is 24.1 Å². The summed E-state index contributed by atoms with van der Waals surface area (Å²) in [6, 6.07) is 8.80. The zero-order valence-corrected chi connectivity index (χ0v) is 8.17. The van der Waals surface area contributed by atoms with Crippen molar-refractivity contribution in [3.63, 3.8) is 0 Å². The molecule has 15 heavy (non-hydrogen) atoms. The van der Waals surface area contributed by atoms with Gasteiger partial charge in [-0.1, -0.05) is 30.3 Å². The van der Waals surface area contributed by atoms with Gasteiger partial charge in [-0.25, -0.2) is 9.59 Å². The Bertz CT molecular complexity index is 385. The first-order valence-corrected chi connectivity index (χ1v) is 4.64. The minimum Gasteiger partial charge on any atom is -0.448 e. The monoisotopic (exact) mass is 206 g/mol. The molecule has 1 fully saturated rings. The van der Waals surface area contributed by atoms with Gasteiger partial charge in [0.25, 0.3) is 0 Å². The molecule has 2 rings (SSSR count). The fourth-order valence-electron chi connectivity index (χ4n) is 1.38. The number of hydrogen-bond acceptors (Lipinski definition) is 4. The van der Waals surface area contributed by atoms with Crippen LogP contribution in [0.15, 0.2) is 30.3 Å². The summed E-state index contributed by atoms with van der Waals surface area (Å²) in [5.74, 6) is -1.03. The molecule has 0 saturated carbocycles. The fraction of sp³-hybridized carbons (Fsp3) is 0.273. The first kappa shape index (κ1) is 9.71. The number of hydrogen-bond donors (Lipinski definition) is 0. The van der Waals surface area contributed by atoms with Gasteiger partial charge in [0, 0.05) is 5.56 Å². The number of cyclic esters (lactones) is 2. The van der Waals surface area contributed by atoms with Crippen LogP contribution < -0.4 is 0 Å². The Balaban J connectivity index is 2.24. The van der Waals surface area contributed by atoms with Crippen molar-refractivity contribution in [2.24, 2.45) is 0 Å². The van der Waals surface area contributed by atoms with Crippen molar-refractivity contribution in [2.45, 2.75) is 19.1 Å². The third-order valence-electron chi connectivity index (χ3n) is 2.18. The third-order valence-corrected chi connectivity index (χ3v) is 2.18. The molecule has 0 N–H and O–H groups in total. The Morgan fingerprint density at radius 1 is 1.00 bits per heavy atom. The lowest BCUT2D eigenvalue weighted by Gasteiger charge is -2.25. The normalized spacial score (nSPS) is 25.7. The molecule has 0 aromatic heterocycles.